The second-order valence-electron chi connectivity index (χ2n) is 12.7. The Morgan fingerprint density at radius 2 is 1.17 bits per heavy atom. The third kappa shape index (κ3) is 5.98. The lowest BCUT2D eigenvalue weighted by Crippen LogP contribution is -2.04. The molecule has 53 heavy (non-hydrogen) atoms. The number of benzene rings is 4. The van der Waals surface area contributed by atoms with Crippen LogP contribution in [-0.2, 0) is 4.79 Å². The average molecular weight is 685 g/mol. The highest BCUT2D eigenvalue weighted by Crippen LogP contribution is 2.48. The van der Waals surface area contributed by atoms with Crippen LogP contribution in [0, 0.1) is 0 Å². The summed E-state index contributed by atoms with van der Waals surface area (Å²) in [6.07, 6.45) is 7.30. The van der Waals surface area contributed by atoms with Crippen molar-refractivity contribution >= 4 is 51.8 Å². The summed E-state index contributed by atoms with van der Waals surface area (Å²) < 4.78 is 8.52. The molecule has 0 unspecified atom stereocenters. The van der Waals surface area contributed by atoms with Gasteiger partial charge in [-0.25, -0.2) is 14.8 Å². The van der Waals surface area contributed by atoms with Crippen molar-refractivity contribution in [2.24, 2.45) is 0 Å². The number of aromatic nitrogens is 4. The normalized spacial score (nSPS) is 12.0. The number of fused-ring (bicyclic) bond motifs is 8. The monoisotopic (exact) mass is 684 g/mol. The topological polar surface area (TPSA) is 72.8 Å². The summed E-state index contributed by atoms with van der Waals surface area (Å²) >= 11 is 0. The molecule has 0 radical (unpaired) electrons. The first kappa shape index (κ1) is 31.7. The molecule has 0 saturated heterocycles. The molecule has 0 atom stereocenters. The van der Waals surface area contributed by atoms with Gasteiger partial charge in [0.15, 0.2) is 5.75 Å². The van der Waals surface area contributed by atoms with E-state index in [1.807, 2.05) is 115 Å². The van der Waals surface area contributed by atoms with Gasteiger partial charge < -0.3 is 14.3 Å². The molecule has 0 spiro atoms. The van der Waals surface area contributed by atoms with Crippen LogP contribution in [0.1, 0.15) is 28.3 Å². The van der Waals surface area contributed by atoms with E-state index in [0.717, 1.165) is 72.7 Å². The summed E-state index contributed by atoms with van der Waals surface area (Å²) in [6.45, 7) is 3.75. The van der Waals surface area contributed by atoms with Gasteiger partial charge in [-0.15, -0.1) is 0 Å². The highest BCUT2D eigenvalue weighted by Gasteiger charge is 2.28. The summed E-state index contributed by atoms with van der Waals surface area (Å²) in [5.74, 6) is -0.180. The van der Waals surface area contributed by atoms with Crippen molar-refractivity contribution in [2.45, 2.75) is 0 Å². The zero-order valence-electron chi connectivity index (χ0n) is 28.6. The van der Waals surface area contributed by atoms with Crippen LogP contribution in [0.2, 0.25) is 0 Å². The van der Waals surface area contributed by atoms with Crippen LogP contribution < -0.4 is 4.74 Å². The van der Waals surface area contributed by atoms with E-state index in [1.54, 1.807) is 0 Å². The fourth-order valence-electron chi connectivity index (χ4n) is 7.04. The number of ether oxygens (including phenoxy) is 1. The van der Waals surface area contributed by atoms with Crippen molar-refractivity contribution in [3.8, 4) is 33.7 Å². The first-order valence-corrected chi connectivity index (χ1v) is 17.4. The summed E-state index contributed by atoms with van der Waals surface area (Å²) in [5, 5.41) is 0. The molecule has 3 aromatic heterocycles. The highest BCUT2D eigenvalue weighted by molar-refractivity contribution is 6.09. The highest BCUT2D eigenvalue weighted by atomic mass is 16.5. The van der Waals surface area contributed by atoms with Crippen molar-refractivity contribution < 1.29 is 9.53 Å². The number of nitrogens with one attached hydrogen (secondary N) is 1. The van der Waals surface area contributed by atoms with Crippen LogP contribution in [0.4, 0.5) is 0 Å². The van der Waals surface area contributed by atoms with Gasteiger partial charge in [0.1, 0.15) is 0 Å². The Bertz CT molecular complexity index is 2760. The number of para-hydroxylation sites is 1. The van der Waals surface area contributed by atoms with E-state index in [1.165, 1.54) is 6.08 Å². The van der Waals surface area contributed by atoms with E-state index in [0.29, 0.717) is 17.0 Å². The molecule has 2 aliphatic rings. The van der Waals surface area contributed by atoms with Gasteiger partial charge in [-0.3, -0.25) is 0 Å². The fraction of sp³-hybridized carbons (Fsp3) is 0. The standard InChI is InChI=1S/C47H32N4O2/c1-2-42(52)53-47-41-30-37-26-25-35(49-37)27-34-23-24-36(48-34)28-38-29-40(31-15-7-3-8-16-31)45(50-38)43(32-17-9-4-10-18-32)46(44(47)33-19-11-5-12-20-33)51(41)39-21-13-6-14-22-39/h2-30,48H,1H2. The van der Waals surface area contributed by atoms with Crippen molar-refractivity contribution in [1.29, 1.82) is 0 Å². The predicted molar refractivity (Wildman–Crippen MR) is 215 cm³/mol. The van der Waals surface area contributed by atoms with E-state index in [9.17, 15) is 4.79 Å². The number of carbonyl (C=O) groups is 1. The molecule has 4 aromatic carbocycles. The SMILES string of the molecule is C=CC(=O)Oc1c(-c2ccccc2)c2c(-c3ccccc3)c3nc(cc4ccc(cc5nc(cc1n2-c1ccccc1)C=C5)[nH]4)C=C3c1ccccc1. The lowest BCUT2D eigenvalue weighted by atomic mass is 9.93. The molecule has 0 saturated carbocycles. The molecule has 6 heteroatoms. The van der Waals surface area contributed by atoms with Crippen molar-refractivity contribution in [2.75, 3.05) is 0 Å². The molecule has 2 aliphatic heterocycles. The van der Waals surface area contributed by atoms with E-state index < -0.39 is 5.97 Å². The molecule has 6 nitrogen and oxygen atoms in total. The number of aromatic amines is 1. The Labute approximate surface area is 306 Å². The lowest BCUT2D eigenvalue weighted by molar-refractivity contribution is -0.128. The van der Waals surface area contributed by atoms with Crippen LogP contribution >= 0.6 is 0 Å². The third-order valence-corrected chi connectivity index (χ3v) is 9.32. The van der Waals surface area contributed by atoms with Gasteiger partial charge in [-0.1, -0.05) is 116 Å². The number of esters is 1. The van der Waals surface area contributed by atoms with Crippen LogP contribution in [0.3, 0.4) is 0 Å². The number of carbonyl (C=O) groups excluding carboxylic acids is 1. The predicted octanol–water partition coefficient (Wildman–Crippen LogP) is 11.0. The number of nitrogens with zero attached hydrogens (tertiary/aromatic N) is 3. The van der Waals surface area contributed by atoms with Crippen molar-refractivity contribution in [1.82, 2.24) is 19.5 Å². The summed E-state index contributed by atoms with van der Waals surface area (Å²) in [5.41, 5.74) is 12.7. The quantitative estimate of drug-likeness (QED) is 0.140. The van der Waals surface area contributed by atoms with Crippen LogP contribution in [-0.4, -0.2) is 25.5 Å². The molecule has 252 valence electrons. The minimum Gasteiger partial charge on any atom is -0.420 e. The zero-order valence-corrected chi connectivity index (χ0v) is 28.6. The van der Waals surface area contributed by atoms with E-state index in [4.69, 9.17) is 14.7 Å². The number of hydrogen-bond acceptors (Lipinski definition) is 4. The van der Waals surface area contributed by atoms with Crippen LogP contribution in [0.25, 0.3) is 73.8 Å². The van der Waals surface area contributed by atoms with Gasteiger partial charge in [0.05, 0.1) is 39.4 Å². The number of rotatable bonds is 6. The molecule has 0 fully saturated rings. The molecule has 9 rings (SSSR count). The van der Waals surface area contributed by atoms with E-state index in [-0.39, 0.29) is 0 Å². The van der Waals surface area contributed by atoms with Gasteiger partial charge in [0.2, 0.25) is 0 Å². The average Bonchev–Trinajstić information content (AvgIpc) is 4.00. The van der Waals surface area contributed by atoms with E-state index >= 15 is 0 Å². The third-order valence-electron chi connectivity index (χ3n) is 9.32. The molecule has 0 amide bonds. The maximum Gasteiger partial charge on any atom is 0.335 e. The number of hydrogen-bond donors (Lipinski definition) is 1. The van der Waals surface area contributed by atoms with Gasteiger partial charge in [0, 0.05) is 33.9 Å². The van der Waals surface area contributed by atoms with Crippen molar-refractivity contribution in [3.05, 3.63) is 193 Å². The van der Waals surface area contributed by atoms with Crippen molar-refractivity contribution in [3.63, 3.8) is 0 Å². The Balaban J connectivity index is 1.61. The Hall–Kier alpha value is -7.31. The Morgan fingerprint density at radius 1 is 0.623 bits per heavy atom. The Kier molecular flexibility index (Phi) is 8.02. The molecule has 7 aromatic rings. The van der Waals surface area contributed by atoms with Crippen LogP contribution in [0.15, 0.2) is 164 Å². The van der Waals surface area contributed by atoms with Crippen LogP contribution in [0.5, 0.6) is 5.75 Å². The second kappa shape index (κ2) is 13.4. The first-order chi connectivity index (χ1) is 26.1. The van der Waals surface area contributed by atoms with Gasteiger partial charge >= 0.3 is 5.97 Å². The number of H-pyrrole nitrogens is 1. The minimum absolute atomic E-state index is 0.388. The molecule has 1 N–H and O–H groups in total. The van der Waals surface area contributed by atoms with Gasteiger partial charge in [-0.05, 0) is 77.4 Å². The first-order valence-electron chi connectivity index (χ1n) is 17.4. The molecule has 0 aliphatic carbocycles. The lowest BCUT2D eigenvalue weighted by Gasteiger charge is -2.15. The fourth-order valence-corrected chi connectivity index (χ4v) is 7.04. The summed E-state index contributed by atoms with van der Waals surface area (Å²) in [4.78, 5) is 27.3. The van der Waals surface area contributed by atoms with E-state index in [2.05, 4.69) is 70.7 Å². The molecule has 5 heterocycles. The zero-order chi connectivity index (χ0) is 35.7. The maximum absolute atomic E-state index is 13.4. The molecule has 8 bridgehead atoms. The van der Waals surface area contributed by atoms with Gasteiger partial charge in [-0.2, -0.15) is 0 Å². The summed E-state index contributed by atoms with van der Waals surface area (Å²) in [6, 6.07) is 51.0. The Morgan fingerprint density at radius 3 is 1.79 bits per heavy atom. The smallest absolute Gasteiger partial charge is 0.335 e. The largest absolute Gasteiger partial charge is 0.420 e. The van der Waals surface area contributed by atoms with Gasteiger partial charge in [0.25, 0.3) is 0 Å². The molecular formula is C47H32N4O2. The second-order valence-corrected chi connectivity index (χ2v) is 12.7. The summed E-state index contributed by atoms with van der Waals surface area (Å²) in [7, 11) is 0. The maximum atomic E-state index is 13.4. The minimum atomic E-state index is -0.569. The molecular weight excluding hydrogens is 653 g/mol.